The van der Waals surface area contributed by atoms with Crippen LogP contribution in [0.3, 0.4) is 0 Å². The number of anilines is 1. The maximum atomic E-state index is 12.3. The first-order valence-corrected chi connectivity index (χ1v) is 6.88. The molecule has 19 heavy (non-hydrogen) atoms. The molecule has 0 spiro atoms. The van der Waals surface area contributed by atoms with Gasteiger partial charge in [0.25, 0.3) is 5.91 Å². The van der Waals surface area contributed by atoms with Crippen LogP contribution in [0.1, 0.15) is 23.7 Å². The Morgan fingerprint density at radius 2 is 2.05 bits per heavy atom. The number of pyridine rings is 1. The SMILES string of the molecule is CCCNc1ccc(C(=O)N2CCN(C)CC2)cn1. The van der Waals surface area contributed by atoms with E-state index in [4.69, 9.17) is 0 Å². The van der Waals surface area contributed by atoms with Gasteiger partial charge in [-0.15, -0.1) is 0 Å². The fourth-order valence-corrected chi connectivity index (χ4v) is 2.07. The van der Waals surface area contributed by atoms with Crippen LogP contribution in [0.2, 0.25) is 0 Å². The molecule has 0 aromatic carbocycles. The normalized spacial score (nSPS) is 16.4. The maximum absolute atomic E-state index is 12.3. The highest BCUT2D eigenvalue weighted by atomic mass is 16.2. The van der Waals surface area contributed by atoms with Crippen molar-refractivity contribution in [2.24, 2.45) is 0 Å². The van der Waals surface area contributed by atoms with Gasteiger partial charge in [-0.3, -0.25) is 4.79 Å². The Morgan fingerprint density at radius 1 is 1.32 bits per heavy atom. The molecule has 2 heterocycles. The highest BCUT2D eigenvalue weighted by molar-refractivity contribution is 5.94. The van der Waals surface area contributed by atoms with E-state index < -0.39 is 0 Å². The molecular weight excluding hydrogens is 240 g/mol. The van der Waals surface area contributed by atoms with E-state index in [1.807, 2.05) is 17.0 Å². The predicted octanol–water partition coefficient (Wildman–Crippen LogP) is 1.29. The smallest absolute Gasteiger partial charge is 0.255 e. The summed E-state index contributed by atoms with van der Waals surface area (Å²) in [7, 11) is 2.08. The third kappa shape index (κ3) is 3.67. The second-order valence-corrected chi connectivity index (χ2v) is 4.95. The van der Waals surface area contributed by atoms with Crippen LogP contribution >= 0.6 is 0 Å². The first kappa shape index (κ1) is 13.8. The molecule has 0 aliphatic carbocycles. The molecule has 104 valence electrons. The molecule has 1 saturated heterocycles. The van der Waals surface area contributed by atoms with Crippen LogP contribution in [-0.4, -0.2) is 60.5 Å². The van der Waals surface area contributed by atoms with E-state index >= 15 is 0 Å². The van der Waals surface area contributed by atoms with Gasteiger partial charge in [-0.1, -0.05) is 6.92 Å². The van der Waals surface area contributed by atoms with Crippen molar-refractivity contribution in [2.45, 2.75) is 13.3 Å². The van der Waals surface area contributed by atoms with Crippen molar-refractivity contribution in [1.82, 2.24) is 14.8 Å². The molecule has 1 aromatic heterocycles. The second kappa shape index (κ2) is 6.52. The number of carbonyl (C=O) groups excluding carboxylic acids is 1. The van der Waals surface area contributed by atoms with Gasteiger partial charge in [0.2, 0.25) is 0 Å². The monoisotopic (exact) mass is 262 g/mol. The number of hydrogen-bond donors (Lipinski definition) is 1. The van der Waals surface area contributed by atoms with Crippen LogP contribution < -0.4 is 5.32 Å². The summed E-state index contributed by atoms with van der Waals surface area (Å²) < 4.78 is 0. The summed E-state index contributed by atoms with van der Waals surface area (Å²) in [4.78, 5) is 20.7. The van der Waals surface area contributed by atoms with Gasteiger partial charge in [-0.25, -0.2) is 4.98 Å². The minimum atomic E-state index is 0.0858. The van der Waals surface area contributed by atoms with Crippen LogP contribution in [0, 0.1) is 0 Å². The predicted molar refractivity (Wildman–Crippen MR) is 76.4 cm³/mol. The van der Waals surface area contributed by atoms with E-state index in [0.29, 0.717) is 5.56 Å². The summed E-state index contributed by atoms with van der Waals surface area (Å²) in [5.74, 6) is 0.916. The molecule has 1 aliphatic rings. The molecule has 5 heteroatoms. The van der Waals surface area contributed by atoms with Crippen LogP contribution in [0.4, 0.5) is 5.82 Å². The van der Waals surface area contributed by atoms with Crippen molar-refractivity contribution >= 4 is 11.7 Å². The average molecular weight is 262 g/mol. The molecule has 0 atom stereocenters. The van der Waals surface area contributed by atoms with Crippen molar-refractivity contribution in [3.8, 4) is 0 Å². The van der Waals surface area contributed by atoms with E-state index in [9.17, 15) is 4.79 Å². The Kier molecular flexibility index (Phi) is 4.74. The number of likely N-dealkylation sites (N-methyl/N-ethyl adjacent to an activating group) is 1. The largest absolute Gasteiger partial charge is 0.370 e. The highest BCUT2D eigenvalue weighted by Crippen LogP contribution is 2.10. The van der Waals surface area contributed by atoms with E-state index in [-0.39, 0.29) is 5.91 Å². The van der Waals surface area contributed by atoms with E-state index in [0.717, 1.165) is 45.0 Å². The van der Waals surface area contributed by atoms with E-state index in [2.05, 4.69) is 29.2 Å². The summed E-state index contributed by atoms with van der Waals surface area (Å²) in [5, 5.41) is 3.20. The van der Waals surface area contributed by atoms with Gasteiger partial charge in [0.1, 0.15) is 5.82 Å². The number of hydrogen-bond acceptors (Lipinski definition) is 4. The summed E-state index contributed by atoms with van der Waals surface area (Å²) in [6.45, 7) is 6.48. The fraction of sp³-hybridized carbons (Fsp3) is 0.571. The quantitative estimate of drug-likeness (QED) is 0.888. The lowest BCUT2D eigenvalue weighted by Crippen LogP contribution is -2.47. The summed E-state index contributed by atoms with van der Waals surface area (Å²) in [5.41, 5.74) is 0.673. The fourth-order valence-electron chi connectivity index (χ4n) is 2.07. The molecule has 1 amide bonds. The molecule has 1 aliphatic heterocycles. The van der Waals surface area contributed by atoms with Gasteiger partial charge in [0.15, 0.2) is 0 Å². The van der Waals surface area contributed by atoms with Gasteiger partial charge >= 0.3 is 0 Å². The van der Waals surface area contributed by atoms with Crippen LogP contribution in [0.25, 0.3) is 0 Å². The number of amides is 1. The molecule has 5 nitrogen and oxygen atoms in total. The first-order valence-electron chi connectivity index (χ1n) is 6.88. The molecule has 0 bridgehead atoms. The van der Waals surface area contributed by atoms with Crippen molar-refractivity contribution in [2.75, 3.05) is 45.1 Å². The molecule has 1 fully saturated rings. The molecule has 0 saturated carbocycles. The van der Waals surface area contributed by atoms with Crippen molar-refractivity contribution in [3.05, 3.63) is 23.9 Å². The zero-order chi connectivity index (χ0) is 13.7. The van der Waals surface area contributed by atoms with Gasteiger partial charge in [-0.05, 0) is 25.6 Å². The van der Waals surface area contributed by atoms with E-state index in [1.165, 1.54) is 0 Å². The number of aromatic nitrogens is 1. The van der Waals surface area contributed by atoms with Crippen molar-refractivity contribution < 1.29 is 4.79 Å². The Bertz CT molecular complexity index is 410. The highest BCUT2D eigenvalue weighted by Gasteiger charge is 2.20. The summed E-state index contributed by atoms with van der Waals surface area (Å²) in [6.07, 6.45) is 2.72. The van der Waals surface area contributed by atoms with Gasteiger partial charge in [0.05, 0.1) is 5.56 Å². The third-order valence-electron chi connectivity index (χ3n) is 3.36. The molecule has 2 rings (SSSR count). The van der Waals surface area contributed by atoms with E-state index in [1.54, 1.807) is 6.20 Å². The Hall–Kier alpha value is -1.62. The minimum Gasteiger partial charge on any atom is -0.370 e. The van der Waals surface area contributed by atoms with Crippen LogP contribution in [0.5, 0.6) is 0 Å². The minimum absolute atomic E-state index is 0.0858. The van der Waals surface area contributed by atoms with Crippen LogP contribution in [0.15, 0.2) is 18.3 Å². The lowest BCUT2D eigenvalue weighted by molar-refractivity contribution is 0.0663. The lowest BCUT2D eigenvalue weighted by atomic mass is 10.2. The molecule has 1 N–H and O–H groups in total. The number of rotatable bonds is 4. The molecule has 0 unspecified atom stereocenters. The van der Waals surface area contributed by atoms with Crippen LogP contribution in [-0.2, 0) is 0 Å². The Labute approximate surface area is 114 Å². The zero-order valence-electron chi connectivity index (χ0n) is 11.7. The Balaban J connectivity index is 1.95. The molecule has 0 radical (unpaired) electrons. The standard InChI is InChI=1S/C14H22N4O/c1-3-6-15-13-5-4-12(11-16-13)14(19)18-9-7-17(2)8-10-18/h4-5,11H,3,6-10H2,1-2H3,(H,15,16). The molecular formula is C14H22N4O. The van der Waals surface area contributed by atoms with Crippen molar-refractivity contribution in [3.63, 3.8) is 0 Å². The van der Waals surface area contributed by atoms with Gasteiger partial charge < -0.3 is 15.1 Å². The number of nitrogens with one attached hydrogen (secondary N) is 1. The van der Waals surface area contributed by atoms with Crippen molar-refractivity contribution in [1.29, 1.82) is 0 Å². The zero-order valence-corrected chi connectivity index (χ0v) is 11.7. The number of carbonyl (C=O) groups is 1. The lowest BCUT2D eigenvalue weighted by Gasteiger charge is -2.32. The summed E-state index contributed by atoms with van der Waals surface area (Å²) >= 11 is 0. The number of nitrogens with zero attached hydrogens (tertiary/aromatic N) is 3. The first-order chi connectivity index (χ1) is 9.20. The second-order valence-electron chi connectivity index (χ2n) is 4.95. The van der Waals surface area contributed by atoms with Gasteiger partial charge in [-0.2, -0.15) is 0 Å². The summed E-state index contributed by atoms with van der Waals surface area (Å²) in [6, 6.07) is 3.73. The number of piperazine rings is 1. The Morgan fingerprint density at radius 3 is 2.63 bits per heavy atom. The average Bonchev–Trinajstić information content (AvgIpc) is 2.46. The molecule has 1 aromatic rings. The van der Waals surface area contributed by atoms with Gasteiger partial charge in [0, 0.05) is 38.9 Å². The maximum Gasteiger partial charge on any atom is 0.255 e. The topological polar surface area (TPSA) is 48.5 Å². The third-order valence-corrected chi connectivity index (χ3v) is 3.36.